The molecule has 0 unspecified atom stereocenters. The Morgan fingerprint density at radius 1 is 1.06 bits per heavy atom. The number of nitrogens with one attached hydrogen (secondary N) is 1. The number of nitrogens with zero attached hydrogens (tertiary/aromatic N) is 1. The van der Waals surface area contributed by atoms with E-state index in [1.807, 2.05) is 33.8 Å². The quantitative estimate of drug-likeness (QED) is 0.270. The van der Waals surface area contributed by atoms with Gasteiger partial charge in [-0.05, 0) is 75.9 Å². The van der Waals surface area contributed by atoms with E-state index in [9.17, 15) is 9.18 Å². The van der Waals surface area contributed by atoms with Crippen molar-refractivity contribution in [2.75, 3.05) is 12.4 Å². The van der Waals surface area contributed by atoms with Gasteiger partial charge < -0.3 is 10.1 Å². The fourth-order valence-electron chi connectivity index (χ4n) is 3.77. The van der Waals surface area contributed by atoms with Crippen molar-refractivity contribution in [3.8, 4) is 22.3 Å². The number of ether oxygens (including phenoxy) is 1. The highest BCUT2D eigenvalue weighted by Crippen LogP contribution is 2.36. The molecule has 0 aliphatic heterocycles. The number of carbonyl (C=O) groups is 1. The first-order valence-corrected chi connectivity index (χ1v) is 11.4. The molecule has 1 aromatic heterocycles. The number of halogens is 3. The predicted octanol–water partition coefficient (Wildman–Crippen LogP) is 7.34. The van der Waals surface area contributed by atoms with E-state index in [4.69, 9.17) is 4.74 Å². The monoisotopic (exact) mass is 482 g/mol. The van der Waals surface area contributed by atoms with Crippen LogP contribution in [0.4, 0.5) is 19.0 Å². The SMILES string of the molecule is COC(=O)c1c(F)c(-c2ccc(NC(C)C)nc2)cc(F)c1-c1ccc(CCC=C(C)C)c(F)c1. The molecular formula is C28H29F3N2O2. The Morgan fingerprint density at radius 2 is 1.77 bits per heavy atom. The number of esters is 1. The molecule has 3 aromatic rings. The first kappa shape index (κ1) is 26.0. The third-order valence-corrected chi connectivity index (χ3v) is 5.42. The second-order valence-corrected chi connectivity index (χ2v) is 8.82. The van der Waals surface area contributed by atoms with Gasteiger partial charge >= 0.3 is 5.97 Å². The normalized spacial score (nSPS) is 10.9. The van der Waals surface area contributed by atoms with Gasteiger partial charge in [0, 0.05) is 28.9 Å². The molecule has 0 fully saturated rings. The molecule has 0 bridgehead atoms. The summed E-state index contributed by atoms with van der Waals surface area (Å²) >= 11 is 0. The molecule has 0 aliphatic rings. The Bertz CT molecular complexity index is 1250. The average molecular weight is 483 g/mol. The molecule has 1 heterocycles. The van der Waals surface area contributed by atoms with Crippen molar-refractivity contribution in [3.05, 3.63) is 82.8 Å². The zero-order valence-electron chi connectivity index (χ0n) is 20.5. The number of benzene rings is 2. The van der Waals surface area contributed by atoms with E-state index in [1.54, 1.807) is 12.1 Å². The standard InChI is InChI=1S/C28H29F3N2O2/c1-16(2)7-6-8-18-9-10-19(13-22(18)29)25-23(30)14-21(27(31)26(25)28(34)35-5)20-11-12-24(32-15-20)33-17(3)4/h7,9-15,17H,6,8H2,1-5H3,(H,32,33). The summed E-state index contributed by atoms with van der Waals surface area (Å²) in [5, 5.41) is 3.11. The molecule has 0 spiro atoms. The van der Waals surface area contributed by atoms with E-state index in [-0.39, 0.29) is 28.3 Å². The van der Waals surface area contributed by atoms with Gasteiger partial charge in [0.05, 0.1) is 7.11 Å². The summed E-state index contributed by atoms with van der Waals surface area (Å²) in [7, 11) is 1.08. The summed E-state index contributed by atoms with van der Waals surface area (Å²) in [6.07, 6.45) is 4.51. The number of anilines is 1. The highest BCUT2D eigenvalue weighted by Gasteiger charge is 2.27. The van der Waals surface area contributed by atoms with Crippen molar-refractivity contribution in [1.29, 1.82) is 0 Å². The van der Waals surface area contributed by atoms with E-state index in [0.29, 0.717) is 24.2 Å². The number of rotatable bonds is 8. The van der Waals surface area contributed by atoms with E-state index in [0.717, 1.165) is 24.8 Å². The summed E-state index contributed by atoms with van der Waals surface area (Å²) in [5.74, 6) is -2.87. The molecule has 0 amide bonds. The Hall–Kier alpha value is -3.61. The summed E-state index contributed by atoms with van der Waals surface area (Å²) in [5.41, 5.74) is 0.823. The summed E-state index contributed by atoms with van der Waals surface area (Å²) in [6, 6.07) is 8.49. The minimum absolute atomic E-state index is 0.0476. The third kappa shape index (κ3) is 6.10. The Balaban J connectivity index is 2.08. The van der Waals surface area contributed by atoms with Gasteiger partial charge in [-0.25, -0.2) is 22.9 Å². The second-order valence-electron chi connectivity index (χ2n) is 8.82. The van der Waals surface area contributed by atoms with Crippen molar-refractivity contribution >= 4 is 11.8 Å². The van der Waals surface area contributed by atoms with Gasteiger partial charge in [0.2, 0.25) is 0 Å². The van der Waals surface area contributed by atoms with Crippen LogP contribution in [-0.4, -0.2) is 24.1 Å². The maximum Gasteiger partial charge on any atom is 0.341 e. The zero-order valence-corrected chi connectivity index (χ0v) is 20.5. The number of aryl methyl sites for hydroxylation is 1. The second kappa shape index (κ2) is 11.2. The van der Waals surface area contributed by atoms with Gasteiger partial charge in [0.25, 0.3) is 0 Å². The lowest BCUT2D eigenvalue weighted by atomic mass is 9.92. The van der Waals surface area contributed by atoms with Crippen LogP contribution in [0.2, 0.25) is 0 Å². The summed E-state index contributed by atoms with van der Waals surface area (Å²) < 4.78 is 50.6. The zero-order chi connectivity index (χ0) is 25.7. The van der Waals surface area contributed by atoms with Crippen molar-refractivity contribution < 1.29 is 22.7 Å². The van der Waals surface area contributed by atoms with Gasteiger partial charge in [-0.15, -0.1) is 0 Å². The van der Waals surface area contributed by atoms with E-state index in [2.05, 4.69) is 10.3 Å². The Kier molecular flexibility index (Phi) is 8.33. The average Bonchev–Trinajstić information content (AvgIpc) is 2.80. The number of pyridine rings is 1. The molecule has 7 heteroatoms. The van der Waals surface area contributed by atoms with Crippen LogP contribution in [0.5, 0.6) is 0 Å². The molecule has 0 aliphatic carbocycles. The fraction of sp³-hybridized carbons (Fsp3) is 0.286. The number of allylic oxidation sites excluding steroid dienone is 2. The number of hydrogen-bond acceptors (Lipinski definition) is 4. The molecular weight excluding hydrogens is 453 g/mol. The van der Waals surface area contributed by atoms with Crippen molar-refractivity contribution in [2.45, 2.75) is 46.6 Å². The van der Waals surface area contributed by atoms with Crippen LogP contribution in [0.3, 0.4) is 0 Å². The van der Waals surface area contributed by atoms with E-state index in [1.165, 1.54) is 18.3 Å². The highest BCUT2D eigenvalue weighted by molar-refractivity contribution is 5.99. The van der Waals surface area contributed by atoms with Crippen molar-refractivity contribution in [1.82, 2.24) is 4.98 Å². The highest BCUT2D eigenvalue weighted by atomic mass is 19.1. The molecule has 2 aromatic carbocycles. The van der Waals surface area contributed by atoms with E-state index >= 15 is 8.78 Å². The first-order valence-electron chi connectivity index (χ1n) is 11.4. The van der Waals surface area contributed by atoms with Crippen LogP contribution in [0, 0.1) is 17.5 Å². The van der Waals surface area contributed by atoms with Gasteiger partial charge in [0.15, 0.2) is 0 Å². The van der Waals surface area contributed by atoms with Gasteiger partial charge in [-0.1, -0.05) is 23.8 Å². The van der Waals surface area contributed by atoms with Gasteiger partial charge in [-0.3, -0.25) is 0 Å². The van der Waals surface area contributed by atoms with Crippen LogP contribution >= 0.6 is 0 Å². The van der Waals surface area contributed by atoms with E-state index < -0.39 is 29.0 Å². The van der Waals surface area contributed by atoms with Crippen LogP contribution in [0.1, 0.15) is 50.0 Å². The van der Waals surface area contributed by atoms with Crippen molar-refractivity contribution in [2.24, 2.45) is 0 Å². The first-order chi connectivity index (χ1) is 16.6. The topological polar surface area (TPSA) is 51.2 Å². The maximum atomic E-state index is 15.6. The fourth-order valence-corrected chi connectivity index (χ4v) is 3.77. The minimum Gasteiger partial charge on any atom is -0.465 e. The number of aromatic nitrogens is 1. The summed E-state index contributed by atoms with van der Waals surface area (Å²) in [4.78, 5) is 16.8. The molecule has 0 saturated heterocycles. The Morgan fingerprint density at radius 3 is 2.34 bits per heavy atom. The number of methoxy groups -OCH3 is 1. The smallest absolute Gasteiger partial charge is 0.341 e. The summed E-state index contributed by atoms with van der Waals surface area (Å²) in [6.45, 7) is 7.82. The van der Waals surface area contributed by atoms with Crippen LogP contribution in [0.25, 0.3) is 22.3 Å². The van der Waals surface area contributed by atoms with Crippen LogP contribution < -0.4 is 5.32 Å². The number of hydrogen-bond donors (Lipinski definition) is 1. The van der Waals surface area contributed by atoms with Crippen LogP contribution in [0.15, 0.2) is 54.2 Å². The predicted molar refractivity (Wildman–Crippen MR) is 133 cm³/mol. The maximum absolute atomic E-state index is 15.6. The molecule has 1 N–H and O–H groups in total. The lowest BCUT2D eigenvalue weighted by Crippen LogP contribution is -2.11. The third-order valence-electron chi connectivity index (χ3n) is 5.42. The lowest BCUT2D eigenvalue weighted by Gasteiger charge is -2.15. The molecule has 3 rings (SSSR count). The molecule has 0 radical (unpaired) electrons. The largest absolute Gasteiger partial charge is 0.465 e. The van der Waals surface area contributed by atoms with Crippen molar-refractivity contribution in [3.63, 3.8) is 0 Å². The van der Waals surface area contributed by atoms with Gasteiger partial charge in [-0.2, -0.15) is 0 Å². The molecule has 0 saturated carbocycles. The molecule has 184 valence electrons. The number of carbonyl (C=O) groups excluding carboxylic acids is 1. The Labute approximate surface area is 203 Å². The molecule has 35 heavy (non-hydrogen) atoms. The minimum atomic E-state index is -1.06. The lowest BCUT2D eigenvalue weighted by molar-refractivity contribution is 0.0596. The van der Waals surface area contributed by atoms with Gasteiger partial charge in [0.1, 0.15) is 28.8 Å². The van der Waals surface area contributed by atoms with Crippen LogP contribution in [-0.2, 0) is 11.2 Å². The molecule has 0 atom stereocenters. The molecule has 4 nitrogen and oxygen atoms in total.